The Morgan fingerprint density at radius 3 is 2.27 bits per heavy atom. The summed E-state index contributed by atoms with van der Waals surface area (Å²) < 4.78 is 0. The van der Waals surface area contributed by atoms with E-state index in [9.17, 15) is 0 Å². The van der Waals surface area contributed by atoms with Crippen molar-refractivity contribution in [3.63, 3.8) is 0 Å². The fourth-order valence-corrected chi connectivity index (χ4v) is 0.429. The van der Waals surface area contributed by atoms with Gasteiger partial charge in [0.1, 0.15) is 0 Å². The van der Waals surface area contributed by atoms with E-state index in [1.807, 2.05) is 25.1 Å². The molecule has 0 bridgehead atoms. The van der Waals surface area contributed by atoms with Crippen molar-refractivity contribution in [3.8, 4) is 6.07 Å². The minimum Gasteiger partial charge on any atom is -0.192 e. The molecule has 11 heavy (non-hydrogen) atoms. The molecule has 0 heterocycles. The SMILES string of the molecule is C=C(C)/C=C/C=C/C(=C)C#N. The molecule has 0 aliphatic heterocycles. The predicted octanol–water partition coefficient (Wildman–Crippen LogP) is 2.75. The predicted molar refractivity (Wildman–Crippen MR) is 47.8 cm³/mol. The molecule has 1 nitrogen and oxygen atoms in total. The molecule has 0 amide bonds. The van der Waals surface area contributed by atoms with E-state index >= 15 is 0 Å². The summed E-state index contributed by atoms with van der Waals surface area (Å²) in [5.74, 6) is 0. The second kappa shape index (κ2) is 5.25. The summed E-state index contributed by atoms with van der Waals surface area (Å²) in [5, 5.41) is 8.30. The number of allylic oxidation sites excluding steroid dienone is 6. The zero-order chi connectivity index (χ0) is 8.69. The maximum Gasteiger partial charge on any atom is 0.0985 e. The zero-order valence-corrected chi connectivity index (χ0v) is 6.67. The second-order valence-corrected chi connectivity index (χ2v) is 2.20. The van der Waals surface area contributed by atoms with Gasteiger partial charge in [-0.25, -0.2) is 0 Å². The molecule has 0 aliphatic rings. The lowest BCUT2D eigenvalue weighted by Gasteiger charge is -1.81. The highest BCUT2D eigenvalue weighted by Crippen LogP contribution is 1.92. The minimum atomic E-state index is 0.455. The summed E-state index contributed by atoms with van der Waals surface area (Å²) in [6, 6.07) is 1.92. The van der Waals surface area contributed by atoms with Crippen LogP contribution >= 0.6 is 0 Å². The molecule has 0 aromatic carbocycles. The fraction of sp³-hybridized carbons (Fsp3) is 0.100. The van der Waals surface area contributed by atoms with Gasteiger partial charge in [-0.3, -0.25) is 0 Å². The van der Waals surface area contributed by atoms with E-state index in [4.69, 9.17) is 5.26 Å². The van der Waals surface area contributed by atoms with E-state index in [1.165, 1.54) is 0 Å². The van der Waals surface area contributed by atoms with Gasteiger partial charge in [-0.15, -0.1) is 0 Å². The topological polar surface area (TPSA) is 23.8 Å². The Balaban J connectivity index is 3.89. The molecule has 0 spiro atoms. The van der Waals surface area contributed by atoms with Gasteiger partial charge >= 0.3 is 0 Å². The lowest BCUT2D eigenvalue weighted by atomic mass is 10.2. The molecule has 56 valence electrons. The second-order valence-electron chi connectivity index (χ2n) is 2.20. The van der Waals surface area contributed by atoms with Crippen molar-refractivity contribution in [2.75, 3.05) is 0 Å². The molecule has 0 aliphatic carbocycles. The summed E-state index contributed by atoms with van der Waals surface area (Å²) in [7, 11) is 0. The standard InChI is InChI=1S/C10H11N/c1-9(2)6-4-5-7-10(3)8-11/h4-7H,1,3H2,2H3/b6-4+,7-5+. The van der Waals surface area contributed by atoms with Crippen LogP contribution in [0.3, 0.4) is 0 Å². The van der Waals surface area contributed by atoms with E-state index in [1.54, 1.807) is 12.2 Å². The number of nitriles is 1. The summed E-state index contributed by atoms with van der Waals surface area (Å²) in [6.07, 6.45) is 7.10. The Hall–Kier alpha value is -1.55. The molecular weight excluding hydrogens is 134 g/mol. The average molecular weight is 145 g/mol. The van der Waals surface area contributed by atoms with Gasteiger partial charge in [0.05, 0.1) is 6.07 Å². The first-order valence-electron chi connectivity index (χ1n) is 3.26. The lowest BCUT2D eigenvalue weighted by Crippen LogP contribution is -1.63. The Labute approximate surface area is 67.7 Å². The van der Waals surface area contributed by atoms with Gasteiger partial charge in [0.2, 0.25) is 0 Å². The molecule has 0 radical (unpaired) electrons. The van der Waals surface area contributed by atoms with Crippen LogP contribution in [-0.2, 0) is 0 Å². The van der Waals surface area contributed by atoms with Crippen molar-refractivity contribution in [3.05, 3.63) is 48.6 Å². The third-order valence-corrected chi connectivity index (χ3v) is 0.933. The van der Waals surface area contributed by atoms with Gasteiger partial charge in [-0.1, -0.05) is 37.0 Å². The monoisotopic (exact) mass is 145 g/mol. The van der Waals surface area contributed by atoms with Crippen LogP contribution in [-0.4, -0.2) is 0 Å². The normalized spacial score (nSPS) is 10.2. The van der Waals surface area contributed by atoms with Crippen LogP contribution in [0, 0.1) is 11.3 Å². The first-order chi connectivity index (χ1) is 5.16. The first-order valence-corrected chi connectivity index (χ1v) is 3.26. The Bertz CT molecular complexity index is 249. The lowest BCUT2D eigenvalue weighted by molar-refractivity contribution is 1.50. The summed E-state index contributed by atoms with van der Waals surface area (Å²) in [6.45, 7) is 9.08. The largest absolute Gasteiger partial charge is 0.192 e. The molecule has 0 rings (SSSR count). The third kappa shape index (κ3) is 6.33. The van der Waals surface area contributed by atoms with E-state index in [0.29, 0.717) is 5.57 Å². The van der Waals surface area contributed by atoms with E-state index in [0.717, 1.165) is 5.57 Å². The van der Waals surface area contributed by atoms with E-state index < -0.39 is 0 Å². The van der Waals surface area contributed by atoms with Gasteiger partial charge < -0.3 is 0 Å². The zero-order valence-electron chi connectivity index (χ0n) is 6.67. The van der Waals surface area contributed by atoms with Crippen LogP contribution in [0.15, 0.2) is 48.6 Å². The molecule has 0 aromatic rings. The fourth-order valence-electron chi connectivity index (χ4n) is 0.429. The smallest absolute Gasteiger partial charge is 0.0985 e. The number of hydrogen-bond acceptors (Lipinski definition) is 1. The molecule has 0 unspecified atom stereocenters. The Morgan fingerprint density at radius 2 is 1.82 bits per heavy atom. The van der Waals surface area contributed by atoms with E-state index in [-0.39, 0.29) is 0 Å². The van der Waals surface area contributed by atoms with Crippen LogP contribution in [0.2, 0.25) is 0 Å². The van der Waals surface area contributed by atoms with Gasteiger partial charge in [0.15, 0.2) is 0 Å². The molecule has 0 fully saturated rings. The highest BCUT2D eigenvalue weighted by molar-refractivity contribution is 5.32. The van der Waals surface area contributed by atoms with Crippen molar-refractivity contribution in [1.82, 2.24) is 0 Å². The quantitative estimate of drug-likeness (QED) is 0.442. The van der Waals surface area contributed by atoms with Crippen LogP contribution in [0.1, 0.15) is 6.92 Å². The van der Waals surface area contributed by atoms with Crippen molar-refractivity contribution in [1.29, 1.82) is 5.26 Å². The Morgan fingerprint density at radius 1 is 1.27 bits per heavy atom. The molecule has 0 aromatic heterocycles. The summed E-state index contributed by atoms with van der Waals surface area (Å²) >= 11 is 0. The van der Waals surface area contributed by atoms with E-state index in [2.05, 4.69) is 13.2 Å². The van der Waals surface area contributed by atoms with Crippen LogP contribution < -0.4 is 0 Å². The summed E-state index contributed by atoms with van der Waals surface area (Å²) in [5.41, 5.74) is 1.44. The maximum absolute atomic E-state index is 8.30. The minimum absolute atomic E-state index is 0.455. The van der Waals surface area contributed by atoms with Gasteiger partial charge in [-0.2, -0.15) is 5.26 Å². The molecule has 1 heteroatoms. The number of rotatable bonds is 3. The highest BCUT2D eigenvalue weighted by atomic mass is 14.2. The molecule has 0 saturated carbocycles. The van der Waals surface area contributed by atoms with Gasteiger partial charge in [-0.05, 0) is 13.0 Å². The van der Waals surface area contributed by atoms with Crippen molar-refractivity contribution in [2.45, 2.75) is 6.92 Å². The molecule has 0 saturated heterocycles. The summed E-state index contributed by atoms with van der Waals surface area (Å²) in [4.78, 5) is 0. The van der Waals surface area contributed by atoms with Crippen molar-refractivity contribution >= 4 is 0 Å². The maximum atomic E-state index is 8.30. The third-order valence-electron chi connectivity index (χ3n) is 0.933. The number of hydrogen-bond donors (Lipinski definition) is 0. The van der Waals surface area contributed by atoms with Crippen molar-refractivity contribution < 1.29 is 0 Å². The molecule has 0 atom stereocenters. The van der Waals surface area contributed by atoms with Gasteiger partial charge in [0.25, 0.3) is 0 Å². The first kappa shape index (κ1) is 9.45. The molecular formula is C10H11N. The van der Waals surface area contributed by atoms with Crippen molar-refractivity contribution in [2.24, 2.45) is 0 Å². The average Bonchev–Trinajstić information content (AvgIpc) is 1.97. The van der Waals surface area contributed by atoms with Gasteiger partial charge in [0, 0.05) is 5.57 Å². The van der Waals surface area contributed by atoms with Crippen LogP contribution in [0.5, 0.6) is 0 Å². The highest BCUT2D eigenvalue weighted by Gasteiger charge is 1.76. The van der Waals surface area contributed by atoms with Crippen LogP contribution in [0.25, 0.3) is 0 Å². The number of nitrogens with zero attached hydrogens (tertiary/aromatic N) is 1. The Kier molecular flexibility index (Phi) is 4.51. The van der Waals surface area contributed by atoms with Crippen LogP contribution in [0.4, 0.5) is 0 Å². The molecule has 0 N–H and O–H groups in total.